The first-order valence-corrected chi connectivity index (χ1v) is 13.4. The molecule has 1 aliphatic heterocycles. The summed E-state index contributed by atoms with van der Waals surface area (Å²) in [5, 5.41) is 9.53. The van der Waals surface area contributed by atoms with Gasteiger partial charge >= 0.3 is 0 Å². The van der Waals surface area contributed by atoms with Crippen molar-refractivity contribution in [3.8, 4) is 0 Å². The van der Waals surface area contributed by atoms with Crippen LogP contribution in [0.5, 0.6) is 0 Å². The minimum atomic E-state index is -3.93. The maximum atomic E-state index is 13.8. The lowest BCUT2D eigenvalue weighted by Gasteiger charge is -2.29. The molecule has 2 aromatic rings. The van der Waals surface area contributed by atoms with Crippen molar-refractivity contribution in [3.05, 3.63) is 64.9 Å². The first-order valence-electron chi connectivity index (χ1n) is 11.5. The van der Waals surface area contributed by atoms with Gasteiger partial charge in [-0.05, 0) is 61.9 Å². The number of sulfone groups is 1. The van der Waals surface area contributed by atoms with E-state index in [2.05, 4.69) is 5.32 Å². The lowest BCUT2D eigenvalue weighted by Crippen LogP contribution is -2.52. The third kappa shape index (κ3) is 4.14. The summed E-state index contributed by atoms with van der Waals surface area (Å²) in [6.45, 7) is -0.148. The second kappa shape index (κ2) is 8.41. The molecule has 184 valence electrons. The third-order valence-electron chi connectivity index (χ3n) is 7.40. The van der Waals surface area contributed by atoms with Gasteiger partial charge in [0, 0.05) is 12.8 Å². The van der Waals surface area contributed by atoms with Gasteiger partial charge in [-0.15, -0.1) is 0 Å². The van der Waals surface area contributed by atoms with Crippen LogP contribution < -0.4 is 5.32 Å². The number of hydrogen-bond donors (Lipinski definition) is 2. The Hall–Kier alpha value is -2.78. The maximum Gasteiger partial charge on any atom is 0.243 e. The van der Waals surface area contributed by atoms with Crippen LogP contribution in [0.4, 0.5) is 4.39 Å². The van der Waals surface area contributed by atoms with Crippen LogP contribution in [0.25, 0.3) is 0 Å². The van der Waals surface area contributed by atoms with Crippen LogP contribution in [0.3, 0.4) is 0 Å². The van der Waals surface area contributed by atoms with Crippen molar-refractivity contribution in [1.82, 2.24) is 10.2 Å². The largest absolute Gasteiger partial charge is 0.344 e. The number of nitrogens with zero attached hydrogens (tertiary/aromatic N) is 1. The zero-order valence-corrected chi connectivity index (χ0v) is 20.4. The van der Waals surface area contributed by atoms with E-state index in [4.69, 9.17) is 17.0 Å². The van der Waals surface area contributed by atoms with E-state index in [1.165, 1.54) is 35.4 Å². The first kappa shape index (κ1) is 23.9. The van der Waals surface area contributed by atoms with Gasteiger partial charge in [0.05, 0.1) is 26.1 Å². The van der Waals surface area contributed by atoms with Crippen LogP contribution in [-0.4, -0.2) is 54.7 Å². The number of halogens is 2. The van der Waals surface area contributed by atoms with E-state index < -0.39 is 43.8 Å². The molecule has 0 spiro atoms. The summed E-state index contributed by atoms with van der Waals surface area (Å²) < 4.78 is 40.5. The van der Waals surface area contributed by atoms with E-state index in [-0.39, 0.29) is 28.8 Å². The fourth-order valence-electron chi connectivity index (χ4n) is 4.91. The Morgan fingerprint density at radius 1 is 1.09 bits per heavy atom. The van der Waals surface area contributed by atoms with Gasteiger partial charge in [0.15, 0.2) is 9.84 Å². The Kier molecular flexibility index (Phi) is 5.75. The maximum absolute atomic E-state index is 13.8. The molecule has 7 nitrogen and oxygen atoms in total. The Morgan fingerprint density at radius 2 is 1.74 bits per heavy atom. The van der Waals surface area contributed by atoms with E-state index in [0.29, 0.717) is 31.2 Å². The summed E-state index contributed by atoms with van der Waals surface area (Å²) in [5.41, 5.74) is -0.966. The van der Waals surface area contributed by atoms with Crippen LogP contribution in [0.15, 0.2) is 53.4 Å². The van der Waals surface area contributed by atoms with Crippen LogP contribution >= 0.6 is 11.6 Å². The fourth-order valence-corrected chi connectivity index (χ4v) is 7.13. The summed E-state index contributed by atoms with van der Waals surface area (Å²) in [5.74, 6) is -1.21. The molecular formula is C25H25ClFN3O4S. The van der Waals surface area contributed by atoms with Crippen molar-refractivity contribution in [3.63, 3.8) is 0 Å². The lowest BCUT2D eigenvalue weighted by atomic mass is 9.94. The fraction of sp³-hybridized carbons (Fsp3) is 0.400. The molecule has 2 saturated carbocycles. The highest BCUT2D eigenvalue weighted by Crippen LogP contribution is 2.51. The Morgan fingerprint density at radius 3 is 2.31 bits per heavy atom. The van der Waals surface area contributed by atoms with E-state index in [1.807, 2.05) is 0 Å². The summed E-state index contributed by atoms with van der Waals surface area (Å²) in [6, 6.07) is 10.8. The van der Waals surface area contributed by atoms with E-state index in [9.17, 15) is 22.4 Å². The molecule has 2 atom stereocenters. The first-order chi connectivity index (χ1) is 16.6. The molecule has 2 aliphatic carbocycles. The minimum absolute atomic E-state index is 0.0297. The molecule has 3 fully saturated rings. The molecule has 35 heavy (non-hydrogen) atoms. The standard InChI is InChI=1S/C25H25ClFN3O4S/c26-19-3-1-2-4-21(19)35(33,34)18-13-20(22(31)29-24(15-28)9-10-24)30(14-18)23(32)25(11-12-25)16-5-7-17(27)8-6-16/h1-8,15,18,20,28H,9-14H2,(H,29,31)/t18-,20+/m1/s1. The van der Waals surface area contributed by atoms with E-state index in [0.717, 1.165) is 0 Å². The van der Waals surface area contributed by atoms with Crippen molar-refractivity contribution in [2.75, 3.05) is 6.54 Å². The zero-order valence-electron chi connectivity index (χ0n) is 18.8. The Bertz CT molecular complexity index is 1310. The number of amides is 2. The normalized spacial score (nSPS) is 24.0. The predicted octanol–water partition coefficient (Wildman–Crippen LogP) is 3.25. The van der Waals surface area contributed by atoms with Crippen LogP contribution in [0, 0.1) is 11.2 Å². The summed E-state index contributed by atoms with van der Waals surface area (Å²) in [7, 11) is -3.93. The van der Waals surface area contributed by atoms with Crippen molar-refractivity contribution in [2.24, 2.45) is 0 Å². The molecule has 1 saturated heterocycles. The van der Waals surface area contributed by atoms with E-state index in [1.54, 1.807) is 24.3 Å². The van der Waals surface area contributed by atoms with E-state index >= 15 is 0 Å². The Balaban J connectivity index is 1.48. The van der Waals surface area contributed by atoms with Crippen molar-refractivity contribution >= 4 is 39.5 Å². The quantitative estimate of drug-likeness (QED) is 0.550. The van der Waals surface area contributed by atoms with Gasteiger partial charge < -0.3 is 15.6 Å². The van der Waals surface area contributed by atoms with Gasteiger partial charge in [-0.2, -0.15) is 0 Å². The number of carbonyl (C=O) groups is 2. The lowest BCUT2D eigenvalue weighted by molar-refractivity contribution is -0.140. The average Bonchev–Trinajstić information content (AvgIpc) is 3.76. The molecule has 0 aromatic heterocycles. The van der Waals surface area contributed by atoms with Gasteiger partial charge in [0.1, 0.15) is 11.9 Å². The molecule has 1 heterocycles. The van der Waals surface area contributed by atoms with Gasteiger partial charge in [-0.25, -0.2) is 12.8 Å². The second-order valence-corrected chi connectivity index (χ2v) is 12.3. The SMILES string of the molecule is N=CC1(NC(=O)[C@@H]2C[C@@H](S(=O)(=O)c3ccccc3Cl)CN2C(=O)C2(c3ccc(F)cc3)CC2)CC1. The number of nitrogens with one attached hydrogen (secondary N) is 2. The second-order valence-electron chi connectivity index (χ2n) is 9.69. The number of hydrogen-bond acceptors (Lipinski definition) is 5. The molecule has 2 amide bonds. The molecule has 0 unspecified atom stereocenters. The molecule has 2 aromatic carbocycles. The zero-order chi connectivity index (χ0) is 25.0. The highest BCUT2D eigenvalue weighted by atomic mass is 35.5. The monoisotopic (exact) mass is 517 g/mol. The molecule has 10 heteroatoms. The average molecular weight is 518 g/mol. The van der Waals surface area contributed by atoms with Crippen LogP contribution in [-0.2, 0) is 24.8 Å². The summed E-state index contributed by atoms with van der Waals surface area (Å²) in [6.07, 6.45) is 3.44. The molecule has 3 aliphatic rings. The topological polar surface area (TPSA) is 107 Å². The molecule has 2 N–H and O–H groups in total. The highest BCUT2D eigenvalue weighted by molar-refractivity contribution is 7.92. The van der Waals surface area contributed by atoms with Crippen molar-refractivity contribution < 1.29 is 22.4 Å². The van der Waals surface area contributed by atoms with Gasteiger partial charge in [-0.3, -0.25) is 9.59 Å². The number of carbonyl (C=O) groups excluding carboxylic acids is 2. The smallest absolute Gasteiger partial charge is 0.243 e. The number of benzene rings is 2. The van der Waals surface area contributed by atoms with Crippen LogP contribution in [0.2, 0.25) is 5.02 Å². The molecule has 0 bridgehead atoms. The van der Waals surface area contributed by atoms with Crippen LogP contribution in [0.1, 0.15) is 37.7 Å². The molecule has 5 rings (SSSR count). The van der Waals surface area contributed by atoms with Gasteiger partial charge in [0.2, 0.25) is 11.8 Å². The van der Waals surface area contributed by atoms with Gasteiger partial charge in [-0.1, -0.05) is 35.9 Å². The Labute approximate surface area is 208 Å². The summed E-state index contributed by atoms with van der Waals surface area (Å²) in [4.78, 5) is 28.5. The highest BCUT2D eigenvalue weighted by Gasteiger charge is 2.58. The number of likely N-dealkylation sites (tertiary alicyclic amines) is 1. The molecule has 0 radical (unpaired) electrons. The third-order valence-corrected chi connectivity index (χ3v) is 10.0. The number of rotatable bonds is 7. The summed E-state index contributed by atoms with van der Waals surface area (Å²) >= 11 is 6.18. The predicted molar refractivity (Wildman–Crippen MR) is 129 cm³/mol. The van der Waals surface area contributed by atoms with Gasteiger partial charge in [0.25, 0.3) is 0 Å². The minimum Gasteiger partial charge on any atom is -0.344 e. The molecular weight excluding hydrogens is 493 g/mol. The van der Waals surface area contributed by atoms with Crippen molar-refractivity contribution in [1.29, 1.82) is 5.41 Å². The van der Waals surface area contributed by atoms with Crippen molar-refractivity contribution in [2.45, 2.75) is 59.2 Å².